The molecule has 98 valence electrons. The predicted molar refractivity (Wildman–Crippen MR) is 68.8 cm³/mol. The van der Waals surface area contributed by atoms with Gasteiger partial charge in [-0.3, -0.25) is 0 Å². The first-order valence-corrected chi connectivity index (χ1v) is 6.52. The molecule has 0 aromatic carbocycles. The highest BCUT2D eigenvalue weighted by atomic mass is 16.5. The van der Waals surface area contributed by atoms with Crippen LogP contribution in [-0.4, -0.2) is 39.5 Å². The van der Waals surface area contributed by atoms with Crippen molar-refractivity contribution >= 4 is 0 Å². The Hall–Kier alpha value is -0.120. The molecule has 0 radical (unpaired) electrons. The van der Waals surface area contributed by atoms with Crippen LogP contribution < -0.4 is 5.32 Å². The van der Waals surface area contributed by atoms with Gasteiger partial charge in [-0.25, -0.2) is 0 Å². The molecule has 0 aliphatic carbocycles. The largest absolute Gasteiger partial charge is 0.385 e. The summed E-state index contributed by atoms with van der Waals surface area (Å²) in [6, 6.07) is 0.576. The molecule has 0 amide bonds. The molecule has 1 N–H and O–H groups in total. The summed E-state index contributed by atoms with van der Waals surface area (Å²) < 4.78 is 10.4. The molecule has 3 nitrogen and oxygen atoms in total. The molecule has 0 saturated carbocycles. The number of ether oxygens (including phenoxy) is 2. The second-order valence-electron chi connectivity index (χ2n) is 4.49. The fourth-order valence-electron chi connectivity index (χ4n) is 1.68. The zero-order valence-electron chi connectivity index (χ0n) is 11.4. The number of rotatable bonds is 11. The second kappa shape index (κ2) is 11.4. The van der Waals surface area contributed by atoms with Gasteiger partial charge in [-0.15, -0.1) is 0 Å². The lowest BCUT2D eigenvalue weighted by Crippen LogP contribution is -2.35. The van der Waals surface area contributed by atoms with Gasteiger partial charge in [0.2, 0.25) is 0 Å². The average Bonchev–Trinajstić information content (AvgIpc) is 2.26. The molecular formula is C13H29NO2. The Bertz CT molecular complexity index is 140. The Kier molecular flexibility index (Phi) is 11.3. The molecule has 0 saturated heterocycles. The van der Waals surface area contributed by atoms with Crippen molar-refractivity contribution < 1.29 is 9.47 Å². The summed E-state index contributed by atoms with van der Waals surface area (Å²) in [7, 11) is 1.76. The number of hydrogen-bond acceptors (Lipinski definition) is 3. The van der Waals surface area contributed by atoms with Crippen LogP contribution in [0.1, 0.15) is 40.0 Å². The van der Waals surface area contributed by atoms with Crippen LogP contribution in [0.4, 0.5) is 0 Å². The number of hydrogen-bond donors (Lipinski definition) is 1. The summed E-state index contributed by atoms with van der Waals surface area (Å²) in [5.74, 6) is 0.669. The van der Waals surface area contributed by atoms with E-state index in [1.165, 1.54) is 6.42 Å². The van der Waals surface area contributed by atoms with Crippen LogP contribution in [0.5, 0.6) is 0 Å². The fraction of sp³-hybridized carbons (Fsp3) is 1.00. The molecule has 0 fully saturated rings. The van der Waals surface area contributed by atoms with E-state index in [0.29, 0.717) is 12.0 Å². The van der Waals surface area contributed by atoms with Crippen molar-refractivity contribution in [1.82, 2.24) is 5.32 Å². The molecule has 0 heterocycles. The number of unbranched alkanes of at least 4 members (excludes halogenated alkanes) is 1. The van der Waals surface area contributed by atoms with E-state index in [9.17, 15) is 0 Å². The highest BCUT2D eigenvalue weighted by Crippen LogP contribution is 2.06. The van der Waals surface area contributed by atoms with E-state index in [2.05, 4.69) is 19.2 Å². The first-order chi connectivity index (χ1) is 7.72. The van der Waals surface area contributed by atoms with E-state index in [0.717, 1.165) is 39.2 Å². The van der Waals surface area contributed by atoms with Crippen molar-refractivity contribution in [2.45, 2.75) is 46.1 Å². The predicted octanol–water partition coefficient (Wildman–Crippen LogP) is 2.45. The standard InChI is InChI=1S/C13H29NO2/c1-5-16-10-7-6-9-14-13(12(2)3)8-11-15-4/h12-14H,5-11H2,1-4H3. The molecule has 1 atom stereocenters. The molecule has 0 spiro atoms. The van der Waals surface area contributed by atoms with Crippen molar-refractivity contribution in [2.75, 3.05) is 33.5 Å². The summed E-state index contributed by atoms with van der Waals surface area (Å²) >= 11 is 0. The lowest BCUT2D eigenvalue weighted by Gasteiger charge is -2.22. The Morgan fingerprint density at radius 3 is 2.44 bits per heavy atom. The van der Waals surface area contributed by atoms with Crippen molar-refractivity contribution in [3.8, 4) is 0 Å². The first kappa shape index (κ1) is 15.9. The van der Waals surface area contributed by atoms with Gasteiger partial charge in [0, 0.05) is 33.0 Å². The van der Waals surface area contributed by atoms with Crippen LogP contribution in [0.15, 0.2) is 0 Å². The monoisotopic (exact) mass is 231 g/mol. The summed E-state index contributed by atoms with van der Waals surface area (Å²) in [6.07, 6.45) is 3.44. The first-order valence-electron chi connectivity index (χ1n) is 6.52. The Morgan fingerprint density at radius 1 is 1.12 bits per heavy atom. The smallest absolute Gasteiger partial charge is 0.0477 e. The molecule has 0 bridgehead atoms. The maximum atomic E-state index is 5.31. The van der Waals surface area contributed by atoms with Crippen molar-refractivity contribution in [2.24, 2.45) is 5.92 Å². The summed E-state index contributed by atoms with van der Waals surface area (Å²) in [4.78, 5) is 0. The Morgan fingerprint density at radius 2 is 1.88 bits per heavy atom. The zero-order chi connectivity index (χ0) is 12.2. The third-order valence-electron chi connectivity index (χ3n) is 2.76. The van der Waals surface area contributed by atoms with E-state index in [-0.39, 0.29) is 0 Å². The van der Waals surface area contributed by atoms with Gasteiger partial charge in [-0.1, -0.05) is 13.8 Å². The van der Waals surface area contributed by atoms with Crippen LogP contribution in [0.25, 0.3) is 0 Å². The molecule has 16 heavy (non-hydrogen) atoms. The second-order valence-corrected chi connectivity index (χ2v) is 4.49. The van der Waals surface area contributed by atoms with E-state index >= 15 is 0 Å². The van der Waals surface area contributed by atoms with E-state index < -0.39 is 0 Å². The fourth-order valence-corrected chi connectivity index (χ4v) is 1.68. The maximum Gasteiger partial charge on any atom is 0.0477 e. The third-order valence-corrected chi connectivity index (χ3v) is 2.76. The van der Waals surface area contributed by atoms with Crippen LogP contribution in [0, 0.1) is 5.92 Å². The van der Waals surface area contributed by atoms with Crippen LogP contribution in [0.2, 0.25) is 0 Å². The van der Waals surface area contributed by atoms with Gasteiger partial charge in [0.1, 0.15) is 0 Å². The summed E-state index contributed by atoms with van der Waals surface area (Å²) in [5, 5.41) is 3.60. The van der Waals surface area contributed by atoms with Crippen molar-refractivity contribution in [1.29, 1.82) is 0 Å². The van der Waals surface area contributed by atoms with Gasteiger partial charge in [0.25, 0.3) is 0 Å². The minimum atomic E-state index is 0.576. The van der Waals surface area contributed by atoms with Gasteiger partial charge >= 0.3 is 0 Å². The van der Waals surface area contributed by atoms with E-state index in [4.69, 9.17) is 9.47 Å². The number of nitrogens with one attached hydrogen (secondary N) is 1. The van der Waals surface area contributed by atoms with Crippen molar-refractivity contribution in [3.63, 3.8) is 0 Å². The van der Waals surface area contributed by atoms with Gasteiger partial charge in [0.15, 0.2) is 0 Å². The Balaban J connectivity index is 3.44. The van der Waals surface area contributed by atoms with Gasteiger partial charge in [-0.05, 0) is 38.6 Å². The molecule has 1 unspecified atom stereocenters. The average molecular weight is 231 g/mol. The topological polar surface area (TPSA) is 30.5 Å². The molecule has 0 aromatic rings. The quantitative estimate of drug-likeness (QED) is 0.554. The normalized spacial score (nSPS) is 13.3. The SMILES string of the molecule is CCOCCCCNC(CCOC)C(C)C. The summed E-state index contributed by atoms with van der Waals surface area (Å²) in [5.41, 5.74) is 0. The third kappa shape index (κ3) is 9.13. The van der Waals surface area contributed by atoms with Crippen LogP contribution in [-0.2, 0) is 9.47 Å². The van der Waals surface area contributed by atoms with Crippen LogP contribution >= 0.6 is 0 Å². The van der Waals surface area contributed by atoms with Gasteiger partial charge in [0.05, 0.1) is 0 Å². The summed E-state index contributed by atoms with van der Waals surface area (Å²) in [6.45, 7) is 10.2. The number of methoxy groups -OCH3 is 1. The molecular weight excluding hydrogens is 202 g/mol. The van der Waals surface area contributed by atoms with E-state index in [1.54, 1.807) is 7.11 Å². The van der Waals surface area contributed by atoms with Crippen LogP contribution in [0.3, 0.4) is 0 Å². The van der Waals surface area contributed by atoms with Crippen molar-refractivity contribution in [3.05, 3.63) is 0 Å². The highest BCUT2D eigenvalue weighted by molar-refractivity contribution is 4.70. The molecule has 0 aliphatic heterocycles. The molecule has 3 heteroatoms. The maximum absolute atomic E-state index is 5.31. The minimum absolute atomic E-state index is 0.576. The lowest BCUT2D eigenvalue weighted by molar-refractivity contribution is 0.142. The highest BCUT2D eigenvalue weighted by Gasteiger charge is 2.11. The Labute approximate surface area is 101 Å². The van der Waals surface area contributed by atoms with Gasteiger partial charge in [-0.2, -0.15) is 0 Å². The molecule has 0 aliphatic rings. The van der Waals surface area contributed by atoms with E-state index in [1.807, 2.05) is 6.92 Å². The van der Waals surface area contributed by atoms with Gasteiger partial charge < -0.3 is 14.8 Å². The molecule has 0 aromatic heterocycles. The molecule has 0 rings (SSSR count). The lowest BCUT2D eigenvalue weighted by atomic mass is 10.0. The zero-order valence-corrected chi connectivity index (χ0v) is 11.4. The minimum Gasteiger partial charge on any atom is -0.385 e.